The van der Waals surface area contributed by atoms with Gasteiger partial charge in [-0.1, -0.05) is 0 Å². The number of carbonyl (C=O) groups is 1. The molecule has 1 aromatic rings. The van der Waals surface area contributed by atoms with Gasteiger partial charge in [-0.3, -0.25) is 14.4 Å². The Bertz CT molecular complexity index is 394. The van der Waals surface area contributed by atoms with Crippen LogP contribution in [0.2, 0.25) is 0 Å². The number of nitrogens with zero attached hydrogens (tertiary/aromatic N) is 3. The Kier molecular flexibility index (Phi) is 3.47. The van der Waals surface area contributed by atoms with Gasteiger partial charge in [0.05, 0.1) is 11.6 Å². The summed E-state index contributed by atoms with van der Waals surface area (Å²) in [5.41, 5.74) is 1.18. The maximum Gasteiger partial charge on any atom is 0.306 e. The third-order valence-corrected chi connectivity index (χ3v) is 3.71. The number of aromatic nitrogens is 2. The van der Waals surface area contributed by atoms with Gasteiger partial charge in [0.1, 0.15) is 0 Å². The molecule has 17 heavy (non-hydrogen) atoms. The number of aliphatic carboxylic acids is 1. The Morgan fingerprint density at radius 3 is 2.65 bits per heavy atom. The van der Waals surface area contributed by atoms with E-state index in [1.54, 1.807) is 6.20 Å². The molecule has 2 rings (SSSR count). The lowest BCUT2D eigenvalue weighted by atomic mass is 9.96. The van der Waals surface area contributed by atoms with Crippen molar-refractivity contribution in [3.63, 3.8) is 0 Å². The number of rotatable bonds is 3. The summed E-state index contributed by atoms with van der Waals surface area (Å²) < 4.78 is 1.88. The zero-order chi connectivity index (χ0) is 12.4. The van der Waals surface area contributed by atoms with E-state index in [4.69, 9.17) is 5.11 Å². The van der Waals surface area contributed by atoms with Gasteiger partial charge >= 0.3 is 5.97 Å². The second kappa shape index (κ2) is 4.87. The maximum atomic E-state index is 10.9. The van der Waals surface area contributed by atoms with Crippen LogP contribution in [0.4, 0.5) is 0 Å². The summed E-state index contributed by atoms with van der Waals surface area (Å²) in [6, 6.07) is 2.32. The van der Waals surface area contributed by atoms with Gasteiger partial charge in [0.15, 0.2) is 0 Å². The molecular weight excluding hydrogens is 218 g/mol. The van der Waals surface area contributed by atoms with Crippen LogP contribution in [0.3, 0.4) is 0 Å². The van der Waals surface area contributed by atoms with Gasteiger partial charge in [0, 0.05) is 19.3 Å². The Morgan fingerprint density at radius 2 is 2.18 bits per heavy atom. The first-order valence-electron chi connectivity index (χ1n) is 6.04. The van der Waals surface area contributed by atoms with Crippen molar-refractivity contribution in [2.24, 2.45) is 13.0 Å². The topological polar surface area (TPSA) is 58.4 Å². The van der Waals surface area contributed by atoms with Crippen LogP contribution in [0.25, 0.3) is 0 Å². The Hall–Kier alpha value is -1.36. The van der Waals surface area contributed by atoms with Gasteiger partial charge in [-0.15, -0.1) is 0 Å². The lowest BCUT2D eigenvalue weighted by molar-refractivity contribution is -0.143. The number of hydrogen-bond donors (Lipinski definition) is 1. The molecule has 1 saturated heterocycles. The fraction of sp³-hybridized carbons (Fsp3) is 0.667. The molecule has 1 fully saturated rings. The smallest absolute Gasteiger partial charge is 0.306 e. The van der Waals surface area contributed by atoms with Gasteiger partial charge in [-0.25, -0.2) is 0 Å². The molecule has 5 nitrogen and oxygen atoms in total. The monoisotopic (exact) mass is 237 g/mol. The highest BCUT2D eigenvalue weighted by Crippen LogP contribution is 2.26. The van der Waals surface area contributed by atoms with Gasteiger partial charge in [0.2, 0.25) is 0 Å². The third-order valence-electron chi connectivity index (χ3n) is 3.71. The second-order valence-electron chi connectivity index (χ2n) is 4.70. The molecular formula is C12H19N3O2. The average Bonchev–Trinajstić information content (AvgIpc) is 2.74. The van der Waals surface area contributed by atoms with Gasteiger partial charge < -0.3 is 5.11 Å². The Labute approximate surface area is 101 Å². The minimum absolute atomic E-state index is 0.162. The van der Waals surface area contributed by atoms with Crippen molar-refractivity contribution in [1.82, 2.24) is 14.7 Å². The molecule has 1 aliphatic heterocycles. The van der Waals surface area contributed by atoms with Gasteiger partial charge in [-0.2, -0.15) is 5.10 Å². The molecule has 94 valence electrons. The van der Waals surface area contributed by atoms with E-state index in [0.29, 0.717) is 6.04 Å². The van der Waals surface area contributed by atoms with Crippen molar-refractivity contribution < 1.29 is 9.90 Å². The normalized spacial score (nSPS) is 20.4. The van der Waals surface area contributed by atoms with Crippen molar-refractivity contribution in [1.29, 1.82) is 0 Å². The summed E-state index contributed by atoms with van der Waals surface area (Å²) in [7, 11) is 1.94. The van der Waals surface area contributed by atoms with Crippen LogP contribution in [0, 0.1) is 5.92 Å². The number of carboxylic acid groups (broad SMARTS) is 1. The minimum Gasteiger partial charge on any atom is -0.481 e. The van der Waals surface area contributed by atoms with E-state index in [0.717, 1.165) is 25.9 Å². The molecule has 0 spiro atoms. The molecule has 0 radical (unpaired) electrons. The van der Waals surface area contributed by atoms with Crippen molar-refractivity contribution in [3.05, 3.63) is 18.0 Å². The molecule has 2 heterocycles. The number of carboxylic acids is 1. The standard InChI is InChI=1S/C12H19N3O2/c1-9(11-3-6-13-14(11)2)15-7-4-10(5-8-15)12(16)17/h3,6,9-10H,4-5,7-8H2,1-2H3,(H,16,17). The zero-order valence-corrected chi connectivity index (χ0v) is 10.3. The third kappa shape index (κ3) is 2.49. The lowest BCUT2D eigenvalue weighted by Crippen LogP contribution is -2.38. The molecule has 0 amide bonds. The van der Waals surface area contributed by atoms with Gasteiger partial charge in [-0.05, 0) is 38.9 Å². The van der Waals surface area contributed by atoms with E-state index < -0.39 is 5.97 Å². The van der Waals surface area contributed by atoms with Crippen LogP contribution >= 0.6 is 0 Å². The molecule has 5 heteroatoms. The lowest BCUT2D eigenvalue weighted by Gasteiger charge is -2.34. The summed E-state index contributed by atoms with van der Waals surface area (Å²) >= 11 is 0. The Balaban J connectivity index is 1.97. The molecule has 0 aliphatic carbocycles. The highest BCUT2D eigenvalue weighted by molar-refractivity contribution is 5.70. The fourth-order valence-electron chi connectivity index (χ4n) is 2.51. The predicted molar refractivity (Wildman–Crippen MR) is 63.6 cm³/mol. The summed E-state index contributed by atoms with van der Waals surface area (Å²) in [4.78, 5) is 13.2. The summed E-state index contributed by atoms with van der Waals surface area (Å²) in [5.74, 6) is -0.817. The first-order valence-corrected chi connectivity index (χ1v) is 6.04. The SMILES string of the molecule is CC(c1ccnn1C)N1CCC(C(=O)O)CC1. The van der Waals surface area contributed by atoms with E-state index in [-0.39, 0.29) is 5.92 Å². The molecule has 1 N–H and O–H groups in total. The molecule has 1 atom stereocenters. The van der Waals surface area contributed by atoms with E-state index in [2.05, 4.69) is 16.9 Å². The summed E-state index contributed by atoms with van der Waals surface area (Å²) in [5, 5.41) is 13.1. The van der Waals surface area contributed by atoms with Crippen LogP contribution < -0.4 is 0 Å². The molecule has 1 unspecified atom stereocenters. The minimum atomic E-state index is -0.655. The van der Waals surface area contributed by atoms with Crippen LogP contribution in [0.15, 0.2) is 12.3 Å². The summed E-state index contributed by atoms with van der Waals surface area (Å²) in [6.45, 7) is 3.85. The van der Waals surface area contributed by atoms with E-state index in [9.17, 15) is 4.79 Å². The van der Waals surface area contributed by atoms with Crippen molar-refractivity contribution in [3.8, 4) is 0 Å². The molecule has 0 bridgehead atoms. The largest absolute Gasteiger partial charge is 0.481 e. The summed E-state index contributed by atoms with van der Waals surface area (Å²) in [6.07, 6.45) is 3.30. The number of aryl methyl sites for hydroxylation is 1. The van der Waals surface area contributed by atoms with Crippen molar-refractivity contribution in [2.45, 2.75) is 25.8 Å². The quantitative estimate of drug-likeness (QED) is 0.860. The predicted octanol–water partition coefficient (Wildman–Crippen LogP) is 1.28. The Morgan fingerprint density at radius 1 is 1.53 bits per heavy atom. The van der Waals surface area contributed by atoms with Crippen molar-refractivity contribution in [2.75, 3.05) is 13.1 Å². The number of likely N-dealkylation sites (tertiary alicyclic amines) is 1. The van der Waals surface area contributed by atoms with Gasteiger partial charge in [0.25, 0.3) is 0 Å². The molecule has 1 aromatic heterocycles. The highest BCUT2D eigenvalue weighted by Gasteiger charge is 2.28. The van der Waals surface area contributed by atoms with Crippen LogP contribution in [0.5, 0.6) is 0 Å². The van der Waals surface area contributed by atoms with E-state index in [1.165, 1.54) is 5.69 Å². The molecule has 1 aliphatic rings. The van der Waals surface area contributed by atoms with E-state index in [1.807, 2.05) is 17.8 Å². The molecule has 0 aromatic carbocycles. The highest BCUT2D eigenvalue weighted by atomic mass is 16.4. The number of piperidine rings is 1. The fourth-order valence-corrected chi connectivity index (χ4v) is 2.51. The van der Waals surface area contributed by atoms with Crippen LogP contribution in [-0.4, -0.2) is 38.8 Å². The molecule has 0 saturated carbocycles. The van der Waals surface area contributed by atoms with E-state index >= 15 is 0 Å². The zero-order valence-electron chi connectivity index (χ0n) is 10.3. The average molecular weight is 237 g/mol. The maximum absolute atomic E-state index is 10.9. The first kappa shape index (κ1) is 12.1. The first-order chi connectivity index (χ1) is 8.09. The van der Waals surface area contributed by atoms with Crippen LogP contribution in [-0.2, 0) is 11.8 Å². The number of hydrogen-bond acceptors (Lipinski definition) is 3. The van der Waals surface area contributed by atoms with Crippen LogP contribution in [0.1, 0.15) is 31.5 Å². The second-order valence-corrected chi connectivity index (χ2v) is 4.70. The van der Waals surface area contributed by atoms with Crippen molar-refractivity contribution >= 4 is 5.97 Å².